The molecule has 0 bridgehead atoms. The third-order valence-corrected chi connectivity index (χ3v) is 4.56. The number of rotatable bonds is 5. The van der Waals surface area contributed by atoms with Gasteiger partial charge in [0, 0.05) is 25.2 Å². The topological polar surface area (TPSA) is 34.1 Å². The van der Waals surface area contributed by atoms with Crippen LogP contribution in [-0.4, -0.2) is 25.2 Å². The summed E-state index contributed by atoms with van der Waals surface area (Å²) in [5, 5.41) is 6.98. The number of ether oxygens (including phenoxy) is 1. The fourth-order valence-corrected chi connectivity index (χ4v) is 3.61. The minimum Gasteiger partial charge on any atom is -0.383 e. The number of thiazole rings is 1. The molecule has 3 nitrogen and oxygen atoms in total. The van der Waals surface area contributed by atoms with Crippen molar-refractivity contribution >= 4 is 11.3 Å². The number of nitrogens with zero attached hydrogens (tertiary/aromatic N) is 1. The standard InChI is InChI=1S/C12H20N2OS/c1-10-4-3-5-12(10,14-6-8-15-2)11-13-7-9-16-11/h7,9-10,14H,3-6,8H2,1-2H3. The normalized spacial score (nSPS) is 29.8. The van der Waals surface area contributed by atoms with E-state index >= 15 is 0 Å². The molecule has 0 saturated heterocycles. The Morgan fingerprint density at radius 2 is 2.56 bits per heavy atom. The van der Waals surface area contributed by atoms with E-state index in [0.717, 1.165) is 13.2 Å². The van der Waals surface area contributed by atoms with Gasteiger partial charge >= 0.3 is 0 Å². The molecule has 2 rings (SSSR count). The molecule has 1 aromatic heterocycles. The first-order valence-electron chi connectivity index (χ1n) is 5.93. The summed E-state index contributed by atoms with van der Waals surface area (Å²) in [6.45, 7) is 3.99. The molecule has 16 heavy (non-hydrogen) atoms. The molecule has 4 heteroatoms. The predicted octanol–water partition coefficient (Wildman–Crippen LogP) is 2.39. The van der Waals surface area contributed by atoms with Crippen LogP contribution in [-0.2, 0) is 10.3 Å². The highest BCUT2D eigenvalue weighted by Crippen LogP contribution is 2.43. The lowest BCUT2D eigenvalue weighted by molar-refractivity contribution is 0.172. The van der Waals surface area contributed by atoms with Crippen LogP contribution in [0.4, 0.5) is 0 Å². The molecular formula is C12H20N2OS. The van der Waals surface area contributed by atoms with Gasteiger partial charge in [0.1, 0.15) is 5.01 Å². The molecule has 2 atom stereocenters. The van der Waals surface area contributed by atoms with E-state index in [1.54, 1.807) is 18.4 Å². The van der Waals surface area contributed by atoms with Crippen LogP contribution in [0.2, 0.25) is 0 Å². The molecule has 1 heterocycles. The van der Waals surface area contributed by atoms with Crippen molar-refractivity contribution < 1.29 is 4.74 Å². The van der Waals surface area contributed by atoms with E-state index in [4.69, 9.17) is 4.74 Å². The molecule has 0 aliphatic heterocycles. The summed E-state index contributed by atoms with van der Waals surface area (Å²) in [6, 6.07) is 0. The molecule has 0 amide bonds. The minimum absolute atomic E-state index is 0.104. The molecule has 2 unspecified atom stereocenters. The molecule has 1 aliphatic rings. The molecule has 1 saturated carbocycles. The van der Waals surface area contributed by atoms with Crippen LogP contribution < -0.4 is 5.32 Å². The van der Waals surface area contributed by atoms with Crippen LogP contribution in [0, 0.1) is 5.92 Å². The zero-order valence-corrected chi connectivity index (χ0v) is 10.8. The summed E-state index contributed by atoms with van der Waals surface area (Å²) < 4.78 is 5.12. The number of hydrogen-bond donors (Lipinski definition) is 1. The first-order chi connectivity index (χ1) is 7.79. The highest BCUT2D eigenvalue weighted by atomic mass is 32.1. The Morgan fingerprint density at radius 3 is 3.12 bits per heavy atom. The maximum atomic E-state index is 5.12. The Bertz CT molecular complexity index is 315. The molecule has 0 radical (unpaired) electrons. The SMILES string of the molecule is COCCNC1(c2nccs2)CCCC1C. The number of nitrogens with one attached hydrogen (secondary N) is 1. The quantitative estimate of drug-likeness (QED) is 0.802. The molecule has 90 valence electrons. The van der Waals surface area contributed by atoms with Gasteiger partial charge in [-0.2, -0.15) is 0 Å². The largest absolute Gasteiger partial charge is 0.383 e. The van der Waals surface area contributed by atoms with E-state index in [0.29, 0.717) is 5.92 Å². The first kappa shape index (κ1) is 12.0. The van der Waals surface area contributed by atoms with Crippen molar-refractivity contribution in [1.29, 1.82) is 0 Å². The van der Waals surface area contributed by atoms with Crippen molar-refractivity contribution in [3.8, 4) is 0 Å². The molecule has 1 aromatic rings. The van der Waals surface area contributed by atoms with E-state index in [9.17, 15) is 0 Å². The van der Waals surface area contributed by atoms with Gasteiger partial charge in [0.05, 0.1) is 12.1 Å². The number of hydrogen-bond acceptors (Lipinski definition) is 4. The molecule has 0 spiro atoms. The van der Waals surface area contributed by atoms with E-state index in [1.807, 2.05) is 6.20 Å². The Balaban J connectivity index is 2.13. The van der Waals surface area contributed by atoms with Gasteiger partial charge in [-0.3, -0.25) is 0 Å². The Kier molecular flexibility index (Phi) is 3.95. The van der Waals surface area contributed by atoms with Crippen LogP contribution in [0.1, 0.15) is 31.2 Å². The molecular weight excluding hydrogens is 220 g/mol. The monoisotopic (exact) mass is 240 g/mol. The Labute approximate surface area is 101 Å². The summed E-state index contributed by atoms with van der Waals surface area (Å²) >= 11 is 1.77. The van der Waals surface area contributed by atoms with Crippen LogP contribution in [0.25, 0.3) is 0 Å². The van der Waals surface area contributed by atoms with Gasteiger partial charge < -0.3 is 10.1 Å². The van der Waals surface area contributed by atoms with Crippen LogP contribution in [0.5, 0.6) is 0 Å². The van der Waals surface area contributed by atoms with Gasteiger partial charge in [0.2, 0.25) is 0 Å². The summed E-state index contributed by atoms with van der Waals surface area (Å²) in [5.41, 5.74) is 0.104. The second kappa shape index (κ2) is 5.25. The van der Waals surface area contributed by atoms with Crippen molar-refractivity contribution in [2.24, 2.45) is 5.92 Å². The molecule has 1 fully saturated rings. The van der Waals surface area contributed by atoms with E-state index in [1.165, 1.54) is 24.3 Å². The smallest absolute Gasteiger partial charge is 0.113 e. The summed E-state index contributed by atoms with van der Waals surface area (Å²) in [4.78, 5) is 4.51. The Morgan fingerprint density at radius 1 is 1.69 bits per heavy atom. The van der Waals surface area contributed by atoms with Gasteiger partial charge in [-0.05, 0) is 18.8 Å². The minimum atomic E-state index is 0.104. The van der Waals surface area contributed by atoms with E-state index < -0.39 is 0 Å². The van der Waals surface area contributed by atoms with Gasteiger partial charge in [0.25, 0.3) is 0 Å². The number of methoxy groups -OCH3 is 1. The van der Waals surface area contributed by atoms with Gasteiger partial charge in [-0.25, -0.2) is 4.98 Å². The zero-order valence-electron chi connectivity index (χ0n) is 10.0. The van der Waals surface area contributed by atoms with Crippen LogP contribution in [0.3, 0.4) is 0 Å². The lowest BCUT2D eigenvalue weighted by Crippen LogP contribution is -2.45. The van der Waals surface area contributed by atoms with Crippen molar-refractivity contribution in [3.05, 3.63) is 16.6 Å². The molecule has 1 N–H and O–H groups in total. The zero-order chi connectivity index (χ0) is 11.4. The Hall–Kier alpha value is -0.450. The van der Waals surface area contributed by atoms with Crippen molar-refractivity contribution in [1.82, 2.24) is 10.3 Å². The van der Waals surface area contributed by atoms with Gasteiger partial charge in [0.15, 0.2) is 0 Å². The average molecular weight is 240 g/mol. The maximum Gasteiger partial charge on any atom is 0.113 e. The fraction of sp³-hybridized carbons (Fsp3) is 0.750. The lowest BCUT2D eigenvalue weighted by Gasteiger charge is -2.33. The van der Waals surface area contributed by atoms with Crippen molar-refractivity contribution in [2.45, 2.75) is 31.7 Å². The van der Waals surface area contributed by atoms with Crippen molar-refractivity contribution in [3.63, 3.8) is 0 Å². The van der Waals surface area contributed by atoms with Gasteiger partial charge in [-0.1, -0.05) is 13.3 Å². The first-order valence-corrected chi connectivity index (χ1v) is 6.81. The van der Waals surface area contributed by atoms with E-state index in [-0.39, 0.29) is 5.54 Å². The third-order valence-electron chi connectivity index (χ3n) is 3.61. The van der Waals surface area contributed by atoms with Crippen molar-refractivity contribution in [2.75, 3.05) is 20.3 Å². The van der Waals surface area contributed by atoms with Crippen LogP contribution in [0.15, 0.2) is 11.6 Å². The summed E-state index contributed by atoms with van der Waals surface area (Å²) in [7, 11) is 1.75. The lowest BCUT2D eigenvalue weighted by atomic mass is 9.89. The highest BCUT2D eigenvalue weighted by molar-refractivity contribution is 7.09. The summed E-state index contributed by atoms with van der Waals surface area (Å²) in [5.74, 6) is 0.663. The summed E-state index contributed by atoms with van der Waals surface area (Å²) in [6.07, 6.45) is 5.69. The third kappa shape index (κ3) is 2.14. The second-order valence-electron chi connectivity index (χ2n) is 4.52. The number of aromatic nitrogens is 1. The van der Waals surface area contributed by atoms with E-state index in [2.05, 4.69) is 22.6 Å². The molecule has 1 aliphatic carbocycles. The van der Waals surface area contributed by atoms with Crippen LogP contribution >= 0.6 is 11.3 Å². The maximum absolute atomic E-state index is 5.12. The molecule has 0 aromatic carbocycles. The highest BCUT2D eigenvalue weighted by Gasteiger charge is 2.43. The van der Waals surface area contributed by atoms with Gasteiger partial charge in [-0.15, -0.1) is 11.3 Å². The fourth-order valence-electron chi connectivity index (χ4n) is 2.66. The average Bonchev–Trinajstić information content (AvgIpc) is 2.89. The second-order valence-corrected chi connectivity index (χ2v) is 5.42. The predicted molar refractivity (Wildman–Crippen MR) is 66.7 cm³/mol.